The maximum Gasteiger partial charge on any atom is 0.279 e. The molecule has 29 heavy (non-hydrogen) atoms. The first-order valence-electron chi connectivity index (χ1n) is 9.65. The zero-order valence-corrected chi connectivity index (χ0v) is 17.6. The van der Waals surface area contributed by atoms with Crippen molar-refractivity contribution in [3.63, 3.8) is 0 Å². The molecule has 2 aromatic heterocycles. The van der Waals surface area contributed by atoms with Crippen molar-refractivity contribution < 1.29 is 8.42 Å². The van der Waals surface area contributed by atoms with Gasteiger partial charge in [0.25, 0.3) is 5.56 Å². The molecule has 0 N–H and O–H groups in total. The molecule has 10 heteroatoms. The van der Waals surface area contributed by atoms with Crippen molar-refractivity contribution in [3.05, 3.63) is 46.0 Å². The SMILES string of the molecule is Cc1nn(Cn2nnc3ccccc3c2=O)c(C)c1S(=O)(=O)N1CCC(C)CC1. The fourth-order valence-corrected chi connectivity index (χ4v) is 5.63. The highest BCUT2D eigenvalue weighted by Gasteiger charge is 2.33. The van der Waals surface area contributed by atoms with Crippen LogP contribution in [0.15, 0.2) is 34.0 Å². The molecule has 0 bridgehead atoms. The van der Waals surface area contributed by atoms with E-state index in [-0.39, 0.29) is 17.1 Å². The van der Waals surface area contributed by atoms with E-state index in [1.165, 1.54) is 13.7 Å². The Balaban J connectivity index is 1.69. The van der Waals surface area contributed by atoms with Crippen molar-refractivity contribution >= 4 is 20.9 Å². The standard InChI is InChI=1S/C19H24N6O3S/c1-13-8-10-23(11-9-13)29(27,28)18-14(2)21-24(15(18)3)12-25-19(26)16-6-4-5-7-17(16)20-22-25/h4-7,13H,8-12H2,1-3H3. The summed E-state index contributed by atoms with van der Waals surface area (Å²) in [6.07, 6.45) is 1.71. The summed E-state index contributed by atoms with van der Waals surface area (Å²) < 4.78 is 30.7. The smallest absolute Gasteiger partial charge is 0.267 e. The van der Waals surface area contributed by atoms with E-state index in [0.29, 0.717) is 41.3 Å². The lowest BCUT2D eigenvalue weighted by atomic mass is 10.0. The van der Waals surface area contributed by atoms with E-state index in [9.17, 15) is 13.2 Å². The fraction of sp³-hybridized carbons (Fsp3) is 0.474. The molecule has 0 spiro atoms. The van der Waals surface area contributed by atoms with Crippen molar-refractivity contribution in [2.24, 2.45) is 5.92 Å². The predicted octanol–water partition coefficient (Wildman–Crippen LogP) is 1.53. The summed E-state index contributed by atoms with van der Waals surface area (Å²) in [4.78, 5) is 12.9. The molecule has 0 amide bonds. The van der Waals surface area contributed by atoms with Crippen molar-refractivity contribution in [3.8, 4) is 0 Å². The summed E-state index contributed by atoms with van der Waals surface area (Å²) in [6.45, 7) is 6.56. The van der Waals surface area contributed by atoms with Crippen LogP contribution in [0.2, 0.25) is 0 Å². The molecular formula is C19H24N6O3S. The molecule has 1 aromatic carbocycles. The largest absolute Gasteiger partial charge is 0.279 e. The highest BCUT2D eigenvalue weighted by Crippen LogP contribution is 2.27. The Morgan fingerprint density at radius 3 is 2.52 bits per heavy atom. The summed E-state index contributed by atoms with van der Waals surface area (Å²) in [5.74, 6) is 0.532. The molecule has 154 valence electrons. The molecule has 0 atom stereocenters. The average Bonchev–Trinajstić information content (AvgIpc) is 2.98. The molecule has 0 radical (unpaired) electrons. The highest BCUT2D eigenvalue weighted by atomic mass is 32.2. The van der Waals surface area contributed by atoms with Gasteiger partial charge in [-0.15, -0.1) is 5.10 Å². The van der Waals surface area contributed by atoms with Gasteiger partial charge in [-0.2, -0.15) is 14.1 Å². The van der Waals surface area contributed by atoms with E-state index in [1.54, 1.807) is 38.1 Å². The number of rotatable bonds is 4. The molecule has 3 aromatic rings. The van der Waals surface area contributed by atoms with Crippen LogP contribution in [0.3, 0.4) is 0 Å². The van der Waals surface area contributed by atoms with Gasteiger partial charge < -0.3 is 0 Å². The van der Waals surface area contributed by atoms with Gasteiger partial charge in [-0.25, -0.2) is 13.1 Å². The summed E-state index contributed by atoms with van der Waals surface area (Å²) >= 11 is 0. The second-order valence-electron chi connectivity index (χ2n) is 7.64. The Kier molecular flexibility index (Phi) is 4.99. The molecule has 0 aliphatic carbocycles. The molecule has 1 aliphatic rings. The maximum atomic E-state index is 13.2. The Morgan fingerprint density at radius 2 is 1.79 bits per heavy atom. The number of aryl methyl sites for hydroxylation is 1. The summed E-state index contributed by atoms with van der Waals surface area (Å²) in [6, 6.07) is 6.97. The lowest BCUT2D eigenvalue weighted by molar-refractivity contribution is 0.288. The third-order valence-corrected chi connectivity index (χ3v) is 7.70. The average molecular weight is 417 g/mol. The number of sulfonamides is 1. The van der Waals surface area contributed by atoms with E-state index in [2.05, 4.69) is 22.3 Å². The number of fused-ring (bicyclic) bond motifs is 1. The zero-order valence-electron chi connectivity index (χ0n) is 16.7. The van der Waals surface area contributed by atoms with Crippen molar-refractivity contribution in [2.45, 2.75) is 45.2 Å². The van der Waals surface area contributed by atoms with Gasteiger partial charge in [0, 0.05) is 13.1 Å². The van der Waals surface area contributed by atoms with Crippen LogP contribution in [0.25, 0.3) is 10.9 Å². The second-order valence-corrected chi connectivity index (χ2v) is 9.51. The topological polar surface area (TPSA) is 103 Å². The summed E-state index contributed by atoms with van der Waals surface area (Å²) in [5.41, 5.74) is 1.13. The first kappa shape index (κ1) is 19.7. The molecular weight excluding hydrogens is 392 g/mol. The molecule has 0 unspecified atom stereocenters. The second kappa shape index (κ2) is 7.34. The molecule has 3 heterocycles. The van der Waals surface area contributed by atoms with Crippen LogP contribution in [0.4, 0.5) is 0 Å². The van der Waals surface area contributed by atoms with Crippen LogP contribution >= 0.6 is 0 Å². The lowest BCUT2D eigenvalue weighted by Gasteiger charge is -2.29. The third-order valence-electron chi connectivity index (χ3n) is 5.55. The highest BCUT2D eigenvalue weighted by molar-refractivity contribution is 7.89. The minimum atomic E-state index is -3.64. The van der Waals surface area contributed by atoms with Gasteiger partial charge in [0.15, 0.2) is 0 Å². The van der Waals surface area contributed by atoms with Gasteiger partial charge in [-0.1, -0.05) is 24.3 Å². The van der Waals surface area contributed by atoms with Gasteiger partial charge >= 0.3 is 0 Å². The molecule has 0 saturated carbocycles. The minimum absolute atomic E-state index is 0.00407. The Morgan fingerprint density at radius 1 is 1.10 bits per heavy atom. The first-order chi connectivity index (χ1) is 13.8. The number of hydrogen-bond donors (Lipinski definition) is 0. The number of piperidine rings is 1. The molecule has 9 nitrogen and oxygen atoms in total. The normalized spacial score (nSPS) is 16.5. The minimum Gasteiger partial charge on any atom is -0.267 e. The lowest BCUT2D eigenvalue weighted by Crippen LogP contribution is -2.38. The number of benzene rings is 1. The molecule has 1 saturated heterocycles. The number of nitrogens with zero attached hydrogens (tertiary/aromatic N) is 6. The van der Waals surface area contributed by atoms with E-state index in [0.717, 1.165) is 12.8 Å². The maximum absolute atomic E-state index is 13.2. The zero-order chi connectivity index (χ0) is 20.8. The molecule has 4 rings (SSSR count). The quantitative estimate of drug-likeness (QED) is 0.639. The van der Waals surface area contributed by atoms with Crippen LogP contribution in [-0.4, -0.2) is 50.6 Å². The van der Waals surface area contributed by atoms with Crippen molar-refractivity contribution in [1.82, 2.24) is 29.1 Å². The summed E-state index contributed by atoms with van der Waals surface area (Å²) in [7, 11) is -3.64. The van der Waals surface area contributed by atoms with Gasteiger partial charge in [-0.05, 0) is 44.7 Å². The van der Waals surface area contributed by atoms with Crippen LogP contribution in [0.1, 0.15) is 31.2 Å². The van der Waals surface area contributed by atoms with Crippen molar-refractivity contribution in [1.29, 1.82) is 0 Å². The Bertz CT molecular complexity index is 1220. The number of aromatic nitrogens is 5. The van der Waals surface area contributed by atoms with Crippen LogP contribution in [-0.2, 0) is 16.7 Å². The fourth-order valence-electron chi connectivity index (χ4n) is 3.79. The number of hydrogen-bond acceptors (Lipinski definition) is 6. The van der Waals surface area contributed by atoms with Crippen LogP contribution < -0.4 is 5.56 Å². The van der Waals surface area contributed by atoms with Crippen molar-refractivity contribution in [2.75, 3.05) is 13.1 Å². The van der Waals surface area contributed by atoms with E-state index >= 15 is 0 Å². The third kappa shape index (κ3) is 3.46. The monoisotopic (exact) mass is 416 g/mol. The molecule has 1 aliphatic heterocycles. The van der Waals surface area contributed by atoms with Gasteiger partial charge in [-0.3, -0.25) is 4.79 Å². The summed E-state index contributed by atoms with van der Waals surface area (Å²) in [5, 5.41) is 12.9. The van der Waals surface area contributed by atoms with Crippen LogP contribution in [0.5, 0.6) is 0 Å². The van der Waals surface area contributed by atoms with Gasteiger partial charge in [0.05, 0.1) is 16.8 Å². The Hall–Kier alpha value is -2.59. The predicted molar refractivity (Wildman–Crippen MR) is 108 cm³/mol. The first-order valence-corrected chi connectivity index (χ1v) is 11.1. The van der Waals surface area contributed by atoms with Gasteiger partial charge in [0.1, 0.15) is 17.1 Å². The Labute approximate surface area is 169 Å². The molecule has 1 fully saturated rings. The van der Waals surface area contributed by atoms with Gasteiger partial charge in [0.2, 0.25) is 10.0 Å². The van der Waals surface area contributed by atoms with E-state index in [1.807, 2.05) is 0 Å². The van der Waals surface area contributed by atoms with E-state index < -0.39 is 10.0 Å². The van der Waals surface area contributed by atoms with E-state index in [4.69, 9.17) is 0 Å². The van der Waals surface area contributed by atoms with Crippen LogP contribution in [0, 0.1) is 19.8 Å².